The van der Waals surface area contributed by atoms with Crippen LogP contribution in [0.15, 0.2) is 24.3 Å². The minimum atomic E-state index is 0.0340. The maximum atomic E-state index is 12.0. The van der Waals surface area contributed by atoms with Crippen molar-refractivity contribution in [2.24, 2.45) is 0 Å². The number of carbonyl (C=O) groups is 1. The Labute approximate surface area is 122 Å². The quantitative estimate of drug-likeness (QED) is 0.754. The van der Waals surface area contributed by atoms with E-state index in [2.05, 4.69) is 24.1 Å². The van der Waals surface area contributed by atoms with Gasteiger partial charge in [-0.25, -0.2) is 0 Å². The lowest BCUT2D eigenvalue weighted by atomic mass is 10.2. The van der Waals surface area contributed by atoms with Gasteiger partial charge in [0.1, 0.15) is 5.75 Å². The SMILES string of the molecule is CCCN(CCC)CCC(=O)Nc1ccccc1OC. The molecule has 1 aromatic carbocycles. The van der Waals surface area contributed by atoms with Crippen LogP contribution in [0.3, 0.4) is 0 Å². The van der Waals surface area contributed by atoms with E-state index in [4.69, 9.17) is 4.74 Å². The van der Waals surface area contributed by atoms with E-state index in [0.717, 1.165) is 38.2 Å². The Balaban J connectivity index is 2.46. The lowest BCUT2D eigenvalue weighted by Gasteiger charge is -2.20. The summed E-state index contributed by atoms with van der Waals surface area (Å²) in [4.78, 5) is 14.3. The summed E-state index contributed by atoms with van der Waals surface area (Å²) >= 11 is 0. The van der Waals surface area contributed by atoms with Gasteiger partial charge in [-0.05, 0) is 38.1 Å². The maximum Gasteiger partial charge on any atom is 0.225 e. The number of nitrogens with zero attached hydrogens (tertiary/aromatic N) is 1. The monoisotopic (exact) mass is 278 g/mol. The van der Waals surface area contributed by atoms with Crippen LogP contribution in [0.25, 0.3) is 0 Å². The molecule has 0 aliphatic carbocycles. The third-order valence-electron chi connectivity index (χ3n) is 3.12. The third kappa shape index (κ3) is 5.61. The summed E-state index contributed by atoms with van der Waals surface area (Å²) in [5.74, 6) is 0.728. The average Bonchev–Trinajstić information content (AvgIpc) is 2.46. The molecule has 0 aromatic heterocycles. The largest absolute Gasteiger partial charge is 0.495 e. The lowest BCUT2D eigenvalue weighted by molar-refractivity contribution is -0.116. The van der Waals surface area contributed by atoms with Crippen molar-refractivity contribution in [3.63, 3.8) is 0 Å². The predicted octanol–water partition coefficient (Wildman–Crippen LogP) is 3.15. The highest BCUT2D eigenvalue weighted by atomic mass is 16.5. The first-order valence-corrected chi connectivity index (χ1v) is 7.36. The second-order valence-electron chi connectivity index (χ2n) is 4.84. The number of nitrogens with one attached hydrogen (secondary N) is 1. The van der Waals surface area contributed by atoms with Gasteiger partial charge in [0.15, 0.2) is 0 Å². The van der Waals surface area contributed by atoms with E-state index in [-0.39, 0.29) is 5.91 Å². The number of hydrogen-bond acceptors (Lipinski definition) is 3. The van der Waals surface area contributed by atoms with E-state index >= 15 is 0 Å². The molecule has 0 saturated heterocycles. The van der Waals surface area contributed by atoms with E-state index in [1.165, 1.54) is 0 Å². The Hall–Kier alpha value is -1.55. The summed E-state index contributed by atoms with van der Waals surface area (Å²) in [7, 11) is 1.61. The van der Waals surface area contributed by atoms with Crippen LogP contribution in [-0.4, -0.2) is 37.6 Å². The molecule has 0 aliphatic heterocycles. The molecule has 0 aliphatic rings. The number of methoxy groups -OCH3 is 1. The topological polar surface area (TPSA) is 41.6 Å². The fourth-order valence-electron chi connectivity index (χ4n) is 2.19. The predicted molar refractivity (Wildman–Crippen MR) is 83.3 cm³/mol. The molecule has 1 N–H and O–H groups in total. The minimum Gasteiger partial charge on any atom is -0.495 e. The van der Waals surface area contributed by atoms with E-state index in [0.29, 0.717) is 12.2 Å². The van der Waals surface area contributed by atoms with Gasteiger partial charge < -0.3 is 15.0 Å². The van der Waals surface area contributed by atoms with Crippen LogP contribution < -0.4 is 10.1 Å². The van der Waals surface area contributed by atoms with E-state index < -0.39 is 0 Å². The van der Waals surface area contributed by atoms with Crippen molar-refractivity contribution in [2.75, 3.05) is 32.1 Å². The normalized spacial score (nSPS) is 10.6. The van der Waals surface area contributed by atoms with Crippen LogP contribution >= 0.6 is 0 Å². The number of para-hydroxylation sites is 2. The van der Waals surface area contributed by atoms with Crippen molar-refractivity contribution in [3.05, 3.63) is 24.3 Å². The van der Waals surface area contributed by atoms with Crippen LogP contribution in [0.1, 0.15) is 33.1 Å². The van der Waals surface area contributed by atoms with Gasteiger partial charge in [-0.2, -0.15) is 0 Å². The van der Waals surface area contributed by atoms with Crippen LogP contribution in [0, 0.1) is 0 Å². The first-order valence-electron chi connectivity index (χ1n) is 7.36. The lowest BCUT2D eigenvalue weighted by Crippen LogP contribution is -2.29. The smallest absolute Gasteiger partial charge is 0.225 e. The molecule has 4 heteroatoms. The second-order valence-corrected chi connectivity index (χ2v) is 4.84. The fraction of sp³-hybridized carbons (Fsp3) is 0.562. The molecular formula is C16H26N2O2. The van der Waals surface area contributed by atoms with Crippen molar-refractivity contribution in [3.8, 4) is 5.75 Å². The van der Waals surface area contributed by atoms with E-state index in [9.17, 15) is 4.79 Å². The molecule has 1 aromatic rings. The molecule has 0 fully saturated rings. The van der Waals surface area contributed by atoms with Crippen LogP contribution in [0.5, 0.6) is 5.75 Å². The molecule has 0 radical (unpaired) electrons. The zero-order chi connectivity index (χ0) is 14.8. The van der Waals surface area contributed by atoms with Gasteiger partial charge in [-0.3, -0.25) is 4.79 Å². The molecule has 0 atom stereocenters. The number of rotatable bonds is 9. The van der Waals surface area contributed by atoms with Gasteiger partial charge in [0.2, 0.25) is 5.91 Å². The Kier molecular flexibility index (Phi) is 7.73. The highest BCUT2D eigenvalue weighted by Gasteiger charge is 2.09. The van der Waals surface area contributed by atoms with E-state index in [1.807, 2.05) is 24.3 Å². The summed E-state index contributed by atoms with van der Waals surface area (Å²) in [6.07, 6.45) is 2.75. The highest BCUT2D eigenvalue weighted by molar-refractivity contribution is 5.92. The first kappa shape index (κ1) is 16.5. The van der Waals surface area contributed by atoms with Gasteiger partial charge >= 0.3 is 0 Å². The summed E-state index contributed by atoms with van der Waals surface area (Å²) < 4.78 is 5.22. The molecule has 4 nitrogen and oxygen atoms in total. The molecule has 112 valence electrons. The van der Waals surface area contributed by atoms with Crippen molar-refractivity contribution in [2.45, 2.75) is 33.1 Å². The van der Waals surface area contributed by atoms with Crippen molar-refractivity contribution in [1.29, 1.82) is 0 Å². The first-order chi connectivity index (χ1) is 9.71. The summed E-state index contributed by atoms with van der Waals surface area (Å²) in [5, 5.41) is 2.91. The van der Waals surface area contributed by atoms with Gasteiger partial charge in [-0.15, -0.1) is 0 Å². The fourth-order valence-corrected chi connectivity index (χ4v) is 2.19. The van der Waals surface area contributed by atoms with E-state index in [1.54, 1.807) is 7.11 Å². The second kappa shape index (κ2) is 9.37. The van der Waals surface area contributed by atoms with Crippen molar-refractivity contribution in [1.82, 2.24) is 4.90 Å². The van der Waals surface area contributed by atoms with Crippen molar-refractivity contribution >= 4 is 11.6 Å². The molecule has 0 unspecified atom stereocenters. The average molecular weight is 278 g/mol. The summed E-state index contributed by atoms with van der Waals surface area (Å²) in [6.45, 7) is 7.24. The van der Waals surface area contributed by atoms with Gasteiger partial charge in [0.05, 0.1) is 12.8 Å². The molecule has 0 bridgehead atoms. The third-order valence-corrected chi connectivity index (χ3v) is 3.12. The summed E-state index contributed by atoms with van der Waals surface area (Å²) in [6, 6.07) is 7.47. The Morgan fingerprint density at radius 2 is 1.80 bits per heavy atom. The number of ether oxygens (including phenoxy) is 1. The molecule has 1 amide bonds. The minimum absolute atomic E-state index is 0.0340. The number of amides is 1. The molecule has 20 heavy (non-hydrogen) atoms. The number of carbonyl (C=O) groups excluding carboxylic acids is 1. The zero-order valence-corrected chi connectivity index (χ0v) is 12.8. The number of anilines is 1. The van der Waals surface area contributed by atoms with Crippen LogP contribution in [0.2, 0.25) is 0 Å². The zero-order valence-electron chi connectivity index (χ0n) is 12.8. The Morgan fingerprint density at radius 3 is 2.40 bits per heavy atom. The molecular weight excluding hydrogens is 252 g/mol. The van der Waals surface area contributed by atoms with Crippen molar-refractivity contribution < 1.29 is 9.53 Å². The summed E-state index contributed by atoms with van der Waals surface area (Å²) in [5.41, 5.74) is 0.734. The molecule has 0 saturated carbocycles. The molecule has 0 spiro atoms. The van der Waals surface area contributed by atoms with Gasteiger partial charge in [0.25, 0.3) is 0 Å². The highest BCUT2D eigenvalue weighted by Crippen LogP contribution is 2.22. The molecule has 0 heterocycles. The number of benzene rings is 1. The Morgan fingerprint density at radius 1 is 1.15 bits per heavy atom. The Bertz CT molecular complexity index is 401. The van der Waals surface area contributed by atoms with Crippen LogP contribution in [-0.2, 0) is 4.79 Å². The standard InChI is InChI=1S/C16H26N2O2/c1-4-11-18(12-5-2)13-10-16(19)17-14-8-6-7-9-15(14)20-3/h6-9H,4-5,10-13H2,1-3H3,(H,17,19). The molecule has 1 rings (SSSR count). The van der Waals surface area contributed by atoms with Crippen LogP contribution in [0.4, 0.5) is 5.69 Å². The van der Waals surface area contributed by atoms with Gasteiger partial charge in [0, 0.05) is 13.0 Å². The maximum absolute atomic E-state index is 12.0. The number of hydrogen-bond donors (Lipinski definition) is 1. The van der Waals surface area contributed by atoms with Gasteiger partial charge in [-0.1, -0.05) is 26.0 Å².